The average Bonchev–Trinajstić information content (AvgIpc) is 3.12. The summed E-state index contributed by atoms with van der Waals surface area (Å²) in [5.74, 6) is 0.0865. The van der Waals surface area contributed by atoms with Crippen molar-refractivity contribution in [3.8, 4) is 11.1 Å². The smallest absolute Gasteiger partial charge is 0.409 e. The van der Waals surface area contributed by atoms with Crippen molar-refractivity contribution < 1.29 is 9.53 Å². The van der Waals surface area contributed by atoms with Crippen molar-refractivity contribution >= 4 is 6.09 Å². The number of ether oxygens (including phenoxy) is 1. The zero-order valence-electron chi connectivity index (χ0n) is 16.1. The molecule has 1 aliphatic carbocycles. The zero-order valence-corrected chi connectivity index (χ0v) is 16.1. The Morgan fingerprint density at radius 2 is 1.76 bits per heavy atom. The van der Waals surface area contributed by atoms with Gasteiger partial charge in [0.2, 0.25) is 0 Å². The van der Waals surface area contributed by atoms with Crippen molar-refractivity contribution in [3.63, 3.8) is 0 Å². The molecule has 5 heteroatoms. The lowest BCUT2D eigenvalue weighted by Crippen LogP contribution is -2.48. The van der Waals surface area contributed by atoms with Gasteiger partial charge in [-0.05, 0) is 33.9 Å². The molecule has 1 saturated heterocycles. The molecule has 0 radical (unpaired) electrons. The van der Waals surface area contributed by atoms with Gasteiger partial charge in [0.15, 0.2) is 0 Å². The van der Waals surface area contributed by atoms with E-state index >= 15 is 0 Å². The molecule has 29 heavy (non-hydrogen) atoms. The summed E-state index contributed by atoms with van der Waals surface area (Å²) in [6.45, 7) is 2.33. The molecule has 0 spiro atoms. The maximum absolute atomic E-state index is 12.8. The number of fused-ring (bicyclic) bond motifs is 3. The first-order valence-corrected chi connectivity index (χ1v) is 10.0. The molecule has 146 valence electrons. The predicted molar refractivity (Wildman–Crippen MR) is 112 cm³/mol. The summed E-state index contributed by atoms with van der Waals surface area (Å²) in [6, 6.07) is 20.8. The van der Waals surface area contributed by atoms with Crippen LogP contribution in [0.5, 0.6) is 0 Å². The number of carbonyl (C=O) groups excluding carboxylic acids is 1. The Bertz CT molecular complexity index is 976. The third-order valence-electron chi connectivity index (χ3n) is 5.86. The minimum atomic E-state index is -0.248. The molecule has 1 unspecified atom stereocenters. The molecule has 2 aliphatic rings. The second-order valence-corrected chi connectivity index (χ2v) is 7.54. The number of hydrogen-bond acceptors (Lipinski definition) is 4. The molecule has 1 amide bonds. The third kappa shape index (κ3) is 3.38. The molecule has 1 atom stereocenters. The molecule has 0 bridgehead atoms. The van der Waals surface area contributed by atoms with E-state index in [9.17, 15) is 4.79 Å². The fraction of sp³-hybridized carbons (Fsp3) is 0.250. The van der Waals surface area contributed by atoms with Crippen LogP contribution in [0.25, 0.3) is 11.1 Å². The maximum atomic E-state index is 12.8. The zero-order chi connectivity index (χ0) is 19.6. The number of amides is 1. The van der Waals surface area contributed by atoms with E-state index in [1.54, 1.807) is 11.1 Å². The number of carbonyl (C=O) groups is 1. The lowest BCUT2D eigenvalue weighted by atomic mass is 9.98. The van der Waals surface area contributed by atoms with Gasteiger partial charge in [-0.2, -0.15) is 0 Å². The predicted octanol–water partition coefficient (Wildman–Crippen LogP) is 3.98. The van der Waals surface area contributed by atoms with Crippen molar-refractivity contribution in [2.75, 3.05) is 26.2 Å². The van der Waals surface area contributed by atoms with E-state index < -0.39 is 0 Å². The van der Waals surface area contributed by atoms with Crippen LogP contribution < -0.4 is 5.32 Å². The highest BCUT2D eigenvalue weighted by atomic mass is 16.6. The Morgan fingerprint density at radius 1 is 1.03 bits per heavy atom. The topological polar surface area (TPSA) is 54.5 Å². The molecule has 2 aromatic carbocycles. The van der Waals surface area contributed by atoms with Crippen LogP contribution in [-0.4, -0.2) is 42.2 Å². The number of nitrogens with one attached hydrogen (secondary N) is 1. The number of rotatable bonds is 3. The normalized spacial score (nSPS) is 18.2. The minimum absolute atomic E-state index is 0.0814. The first kappa shape index (κ1) is 17.9. The monoisotopic (exact) mass is 385 g/mol. The minimum Gasteiger partial charge on any atom is -0.448 e. The molecule has 1 fully saturated rings. The van der Waals surface area contributed by atoms with Gasteiger partial charge in [-0.15, -0.1) is 0 Å². The number of benzene rings is 2. The van der Waals surface area contributed by atoms with Gasteiger partial charge in [-0.3, -0.25) is 4.98 Å². The summed E-state index contributed by atoms with van der Waals surface area (Å²) in [6.07, 6.45) is 3.36. The van der Waals surface area contributed by atoms with E-state index in [4.69, 9.17) is 4.74 Å². The van der Waals surface area contributed by atoms with Crippen LogP contribution in [0.4, 0.5) is 4.79 Å². The molecule has 5 nitrogen and oxygen atoms in total. The summed E-state index contributed by atoms with van der Waals surface area (Å²) in [7, 11) is 0. The van der Waals surface area contributed by atoms with E-state index in [0.29, 0.717) is 19.7 Å². The van der Waals surface area contributed by atoms with Crippen molar-refractivity contribution in [3.05, 3.63) is 89.7 Å². The second kappa shape index (κ2) is 7.68. The highest BCUT2D eigenvalue weighted by molar-refractivity contribution is 5.79. The van der Waals surface area contributed by atoms with Crippen LogP contribution in [0.15, 0.2) is 73.1 Å². The number of pyridine rings is 1. The van der Waals surface area contributed by atoms with Crippen molar-refractivity contribution in [1.29, 1.82) is 0 Å². The Balaban J connectivity index is 1.29. The molecule has 3 aromatic rings. The number of nitrogens with zero attached hydrogens (tertiary/aromatic N) is 2. The number of aromatic nitrogens is 1. The summed E-state index contributed by atoms with van der Waals surface area (Å²) in [4.78, 5) is 18.8. The SMILES string of the molecule is O=C(OCC1c2ccccc2-c2ccccc21)N1CCNC(c2cccnc2)C1. The third-order valence-corrected chi connectivity index (χ3v) is 5.86. The average molecular weight is 385 g/mol. The summed E-state index contributed by atoms with van der Waals surface area (Å²) >= 11 is 0. The lowest BCUT2D eigenvalue weighted by Gasteiger charge is -2.33. The van der Waals surface area contributed by atoms with Crippen LogP contribution in [0.3, 0.4) is 0 Å². The molecule has 1 aliphatic heterocycles. The van der Waals surface area contributed by atoms with Gasteiger partial charge in [0.25, 0.3) is 0 Å². The lowest BCUT2D eigenvalue weighted by molar-refractivity contribution is 0.0883. The van der Waals surface area contributed by atoms with Crippen LogP contribution >= 0.6 is 0 Å². The van der Waals surface area contributed by atoms with Gasteiger partial charge in [-0.25, -0.2) is 4.79 Å². The Labute approximate surface area is 170 Å². The largest absolute Gasteiger partial charge is 0.448 e. The fourth-order valence-electron chi connectivity index (χ4n) is 4.41. The molecular weight excluding hydrogens is 362 g/mol. The van der Waals surface area contributed by atoms with Gasteiger partial charge in [0.1, 0.15) is 6.61 Å². The van der Waals surface area contributed by atoms with E-state index in [-0.39, 0.29) is 18.1 Å². The summed E-state index contributed by atoms with van der Waals surface area (Å²) in [5, 5.41) is 3.45. The van der Waals surface area contributed by atoms with Crippen molar-refractivity contribution in [1.82, 2.24) is 15.2 Å². The quantitative estimate of drug-likeness (QED) is 0.741. The summed E-state index contributed by atoms with van der Waals surface area (Å²) in [5.41, 5.74) is 6.03. The fourth-order valence-corrected chi connectivity index (χ4v) is 4.41. The highest BCUT2D eigenvalue weighted by Gasteiger charge is 2.31. The van der Waals surface area contributed by atoms with Gasteiger partial charge in [0.05, 0.1) is 6.04 Å². The number of piperazine rings is 1. The Kier molecular flexibility index (Phi) is 4.74. The van der Waals surface area contributed by atoms with Gasteiger partial charge < -0.3 is 15.0 Å². The van der Waals surface area contributed by atoms with Crippen LogP contribution in [0.2, 0.25) is 0 Å². The van der Waals surface area contributed by atoms with E-state index in [0.717, 1.165) is 12.1 Å². The molecular formula is C24H23N3O2. The Hall–Kier alpha value is -3.18. The highest BCUT2D eigenvalue weighted by Crippen LogP contribution is 2.44. The molecule has 1 N–H and O–H groups in total. The van der Waals surface area contributed by atoms with E-state index in [2.05, 4.69) is 46.7 Å². The van der Waals surface area contributed by atoms with Crippen molar-refractivity contribution in [2.24, 2.45) is 0 Å². The first-order valence-electron chi connectivity index (χ1n) is 10.0. The van der Waals surface area contributed by atoms with Gasteiger partial charge >= 0.3 is 6.09 Å². The van der Waals surface area contributed by atoms with Crippen LogP contribution in [0.1, 0.15) is 28.7 Å². The number of hydrogen-bond donors (Lipinski definition) is 1. The molecule has 0 saturated carbocycles. The maximum Gasteiger partial charge on any atom is 0.409 e. The van der Waals surface area contributed by atoms with Crippen molar-refractivity contribution in [2.45, 2.75) is 12.0 Å². The molecule has 5 rings (SSSR count). The van der Waals surface area contributed by atoms with Crippen LogP contribution in [0, 0.1) is 0 Å². The van der Waals surface area contributed by atoms with Gasteiger partial charge in [-0.1, -0.05) is 54.6 Å². The van der Waals surface area contributed by atoms with E-state index in [1.165, 1.54) is 22.3 Å². The standard InChI is InChI=1S/C24H23N3O2/c28-24(27-13-12-26-23(15-27)17-6-5-11-25-14-17)29-16-22-20-9-3-1-7-18(20)19-8-2-4-10-21(19)22/h1-11,14,22-23,26H,12-13,15-16H2. The van der Waals surface area contributed by atoms with E-state index in [1.807, 2.05) is 30.5 Å². The second-order valence-electron chi connectivity index (χ2n) is 7.54. The first-order chi connectivity index (χ1) is 14.3. The summed E-state index contributed by atoms with van der Waals surface area (Å²) < 4.78 is 5.81. The van der Waals surface area contributed by atoms with Crippen LogP contribution in [-0.2, 0) is 4.74 Å². The molecule has 1 aromatic heterocycles. The Morgan fingerprint density at radius 3 is 2.45 bits per heavy atom. The molecule has 2 heterocycles. The van der Waals surface area contributed by atoms with Gasteiger partial charge in [0, 0.05) is 37.9 Å².